The average Bonchev–Trinajstić information content (AvgIpc) is 2.34. The van der Waals surface area contributed by atoms with Crippen LogP contribution in [-0.2, 0) is 28.8 Å². The SMILES string of the molecule is O=C(O)CC([O-])(CC(=O)O)C(=O)O.O=C([O-])CC(O)(CC(=O)[O-])C(=O)O.[Bi+3].[K].[K].[K]. The molecule has 0 amide bonds. The second-order valence-electron chi connectivity index (χ2n) is 4.87. The minimum absolute atomic E-state index is 0. The van der Waals surface area contributed by atoms with Crippen LogP contribution in [0, 0.1) is 0 Å². The third-order valence-corrected chi connectivity index (χ3v) is 2.53. The predicted molar refractivity (Wildman–Crippen MR) is 89.7 cm³/mol. The molecule has 0 aromatic rings. The van der Waals surface area contributed by atoms with Gasteiger partial charge in [0.1, 0.15) is 0 Å². The summed E-state index contributed by atoms with van der Waals surface area (Å²) in [6.07, 6.45) is -5.10. The van der Waals surface area contributed by atoms with E-state index in [1.807, 2.05) is 0 Å². The standard InChI is InChI=1S/C6H8O7.C6H7O7.Bi.3K/c2*7-3(8)1-6(13,5(11)12)2-4(9)10;;;;/h13H,1-2H2,(H,7,8)(H,9,10)(H,11,12);1-2H2,(H,7,8)(H,9,10)(H,11,12);;;;/q;-1;+3;;;/p-2. The van der Waals surface area contributed by atoms with Crippen LogP contribution in [0.5, 0.6) is 0 Å². The Kier molecular flexibility index (Phi) is 33.7. The van der Waals surface area contributed by atoms with E-state index in [1.54, 1.807) is 0 Å². The van der Waals surface area contributed by atoms with Gasteiger partial charge in [-0.1, -0.05) is 0 Å². The molecule has 0 rings (SSSR count). The van der Waals surface area contributed by atoms with Crippen LogP contribution in [0.4, 0.5) is 0 Å². The Morgan fingerprint density at radius 3 is 1.03 bits per heavy atom. The third kappa shape index (κ3) is 22.3. The van der Waals surface area contributed by atoms with Crippen LogP contribution in [0.1, 0.15) is 25.7 Å². The van der Waals surface area contributed by atoms with Crippen molar-refractivity contribution in [2.75, 3.05) is 0 Å². The van der Waals surface area contributed by atoms with E-state index in [1.165, 1.54) is 0 Å². The largest absolute Gasteiger partial charge is 3.00 e. The van der Waals surface area contributed by atoms with Crippen molar-refractivity contribution >= 4 is 216 Å². The summed E-state index contributed by atoms with van der Waals surface area (Å²) in [5, 5.41) is 72.9. The number of hydrogen-bond acceptors (Lipinski definition) is 10. The average molecular weight is 707 g/mol. The van der Waals surface area contributed by atoms with E-state index >= 15 is 0 Å². The minimum atomic E-state index is -2.99. The number of carbonyl (C=O) groups is 6. The van der Waals surface area contributed by atoms with Gasteiger partial charge in [-0.15, -0.1) is 0 Å². The zero-order chi connectivity index (χ0) is 21.3. The fourth-order valence-electron chi connectivity index (χ4n) is 1.39. The van der Waals surface area contributed by atoms with Crippen molar-refractivity contribution in [3.63, 3.8) is 0 Å². The first-order chi connectivity index (χ1) is 11.6. The summed E-state index contributed by atoms with van der Waals surface area (Å²) in [5.41, 5.74) is -5.85. The number of carboxylic acid groups (broad SMARTS) is 6. The molecule has 0 saturated carbocycles. The molecule has 0 aliphatic heterocycles. The van der Waals surface area contributed by atoms with E-state index in [2.05, 4.69) is 0 Å². The number of rotatable bonds is 10. The number of hydrogen-bond donors (Lipinski definition) is 5. The summed E-state index contributed by atoms with van der Waals surface area (Å²) in [4.78, 5) is 60.5. The maximum atomic E-state index is 11.1. The van der Waals surface area contributed by atoms with Gasteiger partial charge in [-0.3, -0.25) is 14.4 Å². The van der Waals surface area contributed by atoms with Crippen LogP contribution in [0.25, 0.3) is 0 Å². The maximum absolute atomic E-state index is 11.1. The van der Waals surface area contributed by atoms with Crippen LogP contribution < -0.4 is 15.3 Å². The summed E-state index contributed by atoms with van der Waals surface area (Å²) in [5.74, 6) is -10.9. The molecule has 0 spiro atoms. The molecule has 0 bridgehead atoms. The quantitative estimate of drug-likeness (QED) is 0.132. The van der Waals surface area contributed by atoms with Crippen LogP contribution >= 0.6 is 0 Å². The summed E-state index contributed by atoms with van der Waals surface area (Å²) in [7, 11) is 0. The van der Waals surface area contributed by atoms with Gasteiger partial charge in [0.2, 0.25) is 0 Å². The molecule has 18 heteroatoms. The smallest absolute Gasteiger partial charge is 0.840 e. The van der Waals surface area contributed by atoms with Crippen molar-refractivity contribution in [1.82, 2.24) is 0 Å². The van der Waals surface area contributed by atoms with E-state index in [0.29, 0.717) is 0 Å². The van der Waals surface area contributed by atoms with E-state index < -0.39 is 72.7 Å². The molecule has 14 nitrogen and oxygen atoms in total. The molecule has 0 heterocycles. The number of aliphatic carboxylic acids is 6. The Morgan fingerprint density at radius 2 is 0.900 bits per heavy atom. The second kappa shape index (κ2) is 22.0. The fourth-order valence-corrected chi connectivity index (χ4v) is 1.39. The first-order valence-corrected chi connectivity index (χ1v) is 6.28. The fraction of sp³-hybridized carbons (Fsp3) is 0.500. The van der Waals surface area contributed by atoms with E-state index in [9.17, 15) is 44.1 Å². The Morgan fingerprint density at radius 1 is 0.633 bits per heavy atom. The first kappa shape index (κ1) is 45.9. The number of carbonyl (C=O) groups excluding carboxylic acids is 2. The van der Waals surface area contributed by atoms with Gasteiger partial charge >= 0.3 is 44.1 Å². The molecule has 0 fully saturated rings. The molecule has 5 radical (unpaired) electrons. The van der Waals surface area contributed by atoms with Gasteiger partial charge in [0.25, 0.3) is 5.97 Å². The molecule has 0 aliphatic rings. The van der Waals surface area contributed by atoms with Gasteiger partial charge < -0.3 is 50.4 Å². The van der Waals surface area contributed by atoms with Gasteiger partial charge in [0.05, 0.1) is 0 Å². The summed E-state index contributed by atoms with van der Waals surface area (Å²) >= 11 is 0. The zero-order valence-corrected chi connectivity index (χ0v) is 29.0. The molecular formula is C12H13BiK3O14. The van der Waals surface area contributed by atoms with Crippen molar-refractivity contribution in [3.8, 4) is 0 Å². The molecule has 0 saturated heterocycles. The summed E-state index contributed by atoms with van der Waals surface area (Å²) < 4.78 is 0. The Labute approximate surface area is 315 Å². The predicted octanol–water partition coefficient (Wildman–Crippen LogP) is -7.32. The van der Waals surface area contributed by atoms with Crippen molar-refractivity contribution in [2.45, 2.75) is 36.9 Å². The van der Waals surface area contributed by atoms with Gasteiger partial charge in [-0.25, -0.2) is 4.79 Å². The molecule has 0 aliphatic carbocycles. The molecule has 5 N–H and O–H groups in total. The van der Waals surface area contributed by atoms with Gasteiger partial charge in [-0.05, 0) is 0 Å². The Hall–Kier alpha value is 2.53. The van der Waals surface area contributed by atoms with Crippen LogP contribution in [-0.4, -0.2) is 253 Å². The summed E-state index contributed by atoms with van der Waals surface area (Å²) in [6, 6.07) is 0. The maximum Gasteiger partial charge on any atom is 3.00 e. The molecule has 30 heavy (non-hydrogen) atoms. The molecule has 0 atom stereocenters. The van der Waals surface area contributed by atoms with Gasteiger partial charge in [0.15, 0.2) is 5.60 Å². The Balaban J connectivity index is -0.0000000847. The molecular weight excluding hydrogens is 694 g/mol. The van der Waals surface area contributed by atoms with Gasteiger partial charge in [-0.2, -0.15) is 0 Å². The van der Waals surface area contributed by atoms with Crippen molar-refractivity contribution < 1.29 is 69.6 Å². The van der Waals surface area contributed by atoms with E-state index in [0.717, 1.165) is 0 Å². The molecule has 0 aromatic carbocycles. The number of carboxylic acids is 6. The normalized spacial score (nSPS) is 9.40. The van der Waals surface area contributed by atoms with Crippen LogP contribution in [0.15, 0.2) is 0 Å². The zero-order valence-electron chi connectivity index (χ0n) is 16.2. The van der Waals surface area contributed by atoms with E-state index in [-0.39, 0.29) is 180 Å². The minimum Gasteiger partial charge on any atom is -0.840 e. The first-order valence-electron chi connectivity index (χ1n) is 6.28. The van der Waals surface area contributed by atoms with Gasteiger partial charge in [0, 0.05) is 197 Å². The van der Waals surface area contributed by atoms with Crippen molar-refractivity contribution in [2.24, 2.45) is 0 Å². The van der Waals surface area contributed by atoms with Crippen LogP contribution in [0.3, 0.4) is 0 Å². The Bertz CT molecular complexity index is 527. The van der Waals surface area contributed by atoms with E-state index in [4.69, 9.17) is 25.5 Å². The monoisotopic (exact) mass is 707 g/mol. The second-order valence-corrected chi connectivity index (χ2v) is 4.87. The molecule has 0 unspecified atom stereocenters. The van der Waals surface area contributed by atoms with Crippen LogP contribution in [0.2, 0.25) is 0 Å². The van der Waals surface area contributed by atoms with Crippen molar-refractivity contribution in [1.29, 1.82) is 0 Å². The number of aliphatic hydroxyl groups is 1. The topological polar surface area (TPSA) is 273 Å². The van der Waals surface area contributed by atoms with Crippen molar-refractivity contribution in [3.05, 3.63) is 0 Å². The molecule has 0 aromatic heterocycles. The third-order valence-electron chi connectivity index (χ3n) is 2.53. The molecule has 153 valence electrons. The summed E-state index contributed by atoms with van der Waals surface area (Å²) in [6.45, 7) is 0.